The Morgan fingerprint density at radius 3 is 2.38 bits per heavy atom. The molecule has 0 aromatic carbocycles. The molecule has 0 spiro atoms. The average Bonchev–Trinajstić information content (AvgIpc) is 1.95. The Morgan fingerprint density at radius 2 is 1.92 bits per heavy atom. The van der Waals surface area contributed by atoms with Gasteiger partial charge in [-0.15, -0.1) is 0 Å². The Kier molecular flexibility index (Phi) is 5.98. The predicted octanol–water partition coefficient (Wildman–Crippen LogP) is 1.64. The molecule has 2 nitrogen and oxygen atoms in total. The van der Waals surface area contributed by atoms with Crippen molar-refractivity contribution in [3.05, 3.63) is 0 Å². The molecule has 0 aromatic rings. The molecule has 0 amide bonds. The third kappa shape index (κ3) is 7.98. The van der Waals surface area contributed by atoms with Crippen LogP contribution in [0.3, 0.4) is 0 Å². The van der Waals surface area contributed by atoms with Crippen LogP contribution < -0.4 is 5.73 Å². The van der Waals surface area contributed by atoms with Crippen molar-refractivity contribution < 1.29 is 22.3 Å². The lowest BCUT2D eigenvalue weighted by Gasteiger charge is -2.15. The molecule has 0 aliphatic carbocycles. The van der Waals surface area contributed by atoms with Gasteiger partial charge in [-0.05, 0) is 13.0 Å². The van der Waals surface area contributed by atoms with Gasteiger partial charge in [-0.3, -0.25) is 0 Å². The molecule has 0 aromatic heterocycles. The first kappa shape index (κ1) is 12.6. The molecule has 0 fully saturated rings. The molecule has 13 heavy (non-hydrogen) atoms. The van der Waals surface area contributed by atoms with E-state index in [9.17, 15) is 17.6 Å². The Morgan fingerprint density at radius 1 is 1.31 bits per heavy atom. The third-order valence-electron chi connectivity index (χ3n) is 1.26. The van der Waals surface area contributed by atoms with E-state index >= 15 is 0 Å². The second-order valence-electron chi connectivity index (χ2n) is 2.65. The molecule has 0 saturated heterocycles. The van der Waals surface area contributed by atoms with Crippen molar-refractivity contribution in [1.29, 1.82) is 0 Å². The summed E-state index contributed by atoms with van der Waals surface area (Å²) in [5.41, 5.74) is 5.07. The highest BCUT2D eigenvalue weighted by molar-refractivity contribution is 4.66. The van der Waals surface area contributed by atoms with E-state index in [1.165, 1.54) is 0 Å². The summed E-state index contributed by atoms with van der Waals surface area (Å²) in [5, 5.41) is 0. The van der Waals surface area contributed by atoms with Crippen molar-refractivity contribution in [2.45, 2.75) is 25.2 Å². The number of ether oxygens (including phenoxy) is 1. The lowest BCUT2D eigenvalue weighted by molar-refractivity contribution is -0.108. The smallest absolute Gasteiger partial charge is 0.276 e. The zero-order chi connectivity index (χ0) is 10.3. The number of nitrogens with two attached hydrogens (primary N) is 1. The van der Waals surface area contributed by atoms with Crippen LogP contribution in [0.5, 0.6) is 0 Å². The first-order chi connectivity index (χ1) is 5.98. The Hall–Kier alpha value is -0.360. The maximum Gasteiger partial charge on any atom is 0.276 e. The topological polar surface area (TPSA) is 35.2 Å². The molecule has 0 saturated carbocycles. The standard InChI is InChI=1S/C7H13F4NO/c8-6(9)4-7(10,11)5-13-3-1-2-12/h6H,1-5,12H2. The average molecular weight is 203 g/mol. The van der Waals surface area contributed by atoms with Crippen molar-refractivity contribution in [3.63, 3.8) is 0 Å². The fraction of sp³-hybridized carbons (Fsp3) is 1.00. The van der Waals surface area contributed by atoms with Gasteiger partial charge >= 0.3 is 0 Å². The molecule has 0 aliphatic heterocycles. The highest BCUT2D eigenvalue weighted by atomic mass is 19.3. The molecule has 6 heteroatoms. The van der Waals surface area contributed by atoms with Crippen LogP contribution in [0.15, 0.2) is 0 Å². The lowest BCUT2D eigenvalue weighted by Crippen LogP contribution is -2.27. The van der Waals surface area contributed by atoms with Crippen LogP contribution in [0.4, 0.5) is 17.6 Å². The van der Waals surface area contributed by atoms with Gasteiger partial charge in [0.2, 0.25) is 6.43 Å². The quantitative estimate of drug-likeness (QED) is 0.504. The van der Waals surface area contributed by atoms with Gasteiger partial charge in [-0.25, -0.2) is 17.6 Å². The van der Waals surface area contributed by atoms with Gasteiger partial charge in [-0.1, -0.05) is 0 Å². The molecular formula is C7H13F4NO. The van der Waals surface area contributed by atoms with Gasteiger partial charge in [0.05, 0.1) is 6.42 Å². The monoisotopic (exact) mass is 203 g/mol. The van der Waals surface area contributed by atoms with Crippen LogP contribution in [0.25, 0.3) is 0 Å². The summed E-state index contributed by atoms with van der Waals surface area (Å²) >= 11 is 0. The summed E-state index contributed by atoms with van der Waals surface area (Å²) in [6.07, 6.45) is -4.01. The number of rotatable bonds is 7. The Bertz CT molecular complexity index is 132. The van der Waals surface area contributed by atoms with E-state index in [4.69, 9.17) is 5.73 Å². The Balaban J connectivity index is 3.50. The van der Waals surface area contributed by atoms with E-state index in [0.717, 1.165) is 0 Å². The fourth-order valence-electron chi connectivity index (χ4n) is 0.692. The maximum atomic E-state index is 12.5. The van der Waals surface area contributed by atoms with Crippen molar-refractivity contribution in [1.82, 2.24) is 0 Å². The van der Waals surface area contributed by atoms with Gasteiger partial charge in [0.25, 0.3) is 5.92 Å². The van der Waals surface area contributed by atoms with Gasteiger partial charge in [0.1, 0.15) is 6.61 Å². The number of hydrogen-bond acceptors (Lipinski definition) is 2. The number of halogens is 4. The van der Waals surface area contributed by atoms with Crippen LogP contribution in [-0.4, -0.2) is 32.1 Å². The van der Waals surface area contributed by atoms with Gasteiger partial charge < -0.3 is 10.5 Å². The molecule has 2 N–H and O–H groups in total. The fourth-order valence-corrected chi connectivity index (χ4v) is 0.692. The summed E-state index contributed by atoms with van der Waals surface area (Å²) in [6, 6.07) is 0. The lowest BCUT2D eigenvalue weighted by atomic mass is 10.2. The van der Waals surface area contributed by atoms with Crippen LogP contribution in [0, 0.1) is 0 Å². The molecule has 0 bridgehead atoms. The van der Waals surface area contributed by atoms with E-state index in [1.54, 1.807) is 0 Å². The number of hydrogen-bond donors (Lipinski definition) is 1. The van der Waals surface area contributed by atoms with E-state index in [-0.39, 0.29) is 6.61 Å². The minimum absolute atomic E-state index is 0.0787. The van der Waals surface area contributed by atoms with E-state index < -0.39 is 25.4 Å². The van der Waals surface area contributed by atoms with E-state index in [0.29, 0.717) is 13.0 Å². The zero-order valence-electron chi connectivity index (χ0n) is 7.11. The van der Waals surface area contributed by atoms with Crippen molar-refractivity contribution in [2.75, 3.05) is 19.8 Å². The maximum absolute atomic E-state index is 12.5. The molecule has 0 heterocycles. The van der Waals surface area contributed by atoms with Crippen LogP contribution >= 0.6 is 0 Å². The molecule has 0 radical (unpaired) electrons. The summed E-state index contributed by atoms with van der Waals surface area (Å²) in [4.78, 5) is 0. The largest absolute Gasteiger partial charge is 0.375 e. The molecule has 0 aliphatic rings. The summed E-state index contributed by atoms with van der Waals surface area (Å²) in [5.74, 6) is -3.44. The minimum atomic E-state index is -3.44. The summed E-state index contributed by atoms with van der Waals surface area (Å²) in [6.45, 7) is -0.549. The van der Waals surface area contributed by atoms with Crippen LogP contribution in [0.2, 0.25) is 0 Å². The first-order valence-corrected chi connectivity index (χ1v) is 3.92. The second kappa shape index (κ2) is 6.15. The van der Waals surface area contributed by atoms with E-state index in [2.05, 4.69) is 4.74 Å². The molecule has 80 valence electrons. The first-order valence-electron chi connectivity index (χ1n) is 3.92. The minimum Gasteiger partial charge on any atom is -0.375 e. The molecular weight excluding hydrogens is 190 g/mol. The predicted molar refractivity (Wildman–Crippen MR) is 40.1 cm³/mol. The molecule has 0 unspecified atom stereocenters. The highest BCUT2D eigenvalue weighted by Crippen LogP contribution is 2.22. The number of alkyl halides is 4. The second-order valence-corrected chi connectivity index (χ2v) is 2.65. The molecule has 0 atom stereocenters. The summed E-state index contributed by atoms with van der Waals surface area (Å²) in [7, 11) is 0. The Labute approximate surface area is 74.0 Å². The van der Waals surface area contributed by atoms with Gasteiger partial charge in [0, 0.05) is 6.61 Å². The highest BCUT2D eigenvalue weighted by Gasteiger charge is 2.33. The summed E-state index contributed by atoms with van der Waals surface area (Å²) < 4.78 is 52.5. The molecule has 0 rings (SSSR count). The zero-order valence-corrected chi connectivity index (χ0v) is 7.11. The third-order valence-corrected chi connectivity index (χ3v) is 1.26. The van der Waals surface area contributed by atoms with Crippen molar-refractivity contribution in [2.24, 2.45) is 5.73 Å². The van der Waals surface area contributed by atoms with Crippen molar-refractivity contribution in [3.8, 4) is 0 Å². The van der Waals surface area contributed by atoms with Crippen molar-refractivity contribution >= 4 is 0 Å². The van der Waals surface area contributed by atoms with Crippen LogP contribution in [0.1, 0.15) is 12.8 Å². The van der Waals surface area contributed by atoms with Crippen LogP contribution in [-0.2, 0) is 4.74 Å². The van der Waals surface area contributed by atoms with E-state index in [1.807, 2.05) is 0 Å². The van der Waals surface area contributed by atoms with Gasteiger partial charge in [0.15, 0.2) is 0 Å². The normalized spacial score (nSPS) is 12.5. The van der Waals surface area contributed by atoms with Gasteiger partial charge in [-0.2, -0.15) is 0 Å². The SMILES string of the molecule is NCCCOCC(F)(F)CC(F)F.